The zero-order chi connectivity index (χ0) is 13.2. The van der Waals surface area contributed by atoms with E-state index in [1.165, 1.54) is 5.56 Å². The second-order valence-electron chi connectivity index (χ2n) is 4.22. The molecule has 3 heteroatoms. The highest BCUT2D eigenvalue weighted by Crippen LogP contribution is 2.11. The van der Waals surface area contributed by atoms with Crippen LogP contribution in [0, 0.1) is 0 Å². The lowest BCUT2D eigenvalue weighted by Gasteiger charge is -2.19. The Morgan fingerprint density at radius 1 is 1.06 bits per heavy atom. The van der Waals surface area contributed by atoms with E-state index in [1.807, 2.05) is 19.9 Å². The van der Waals surface area contributed by atoms with Crippen molar-refractivity contribution in [1.29, 1.82) is 0 Å². The molecule has 1 aromatic carbocycles. The SMILES string of the molecule is CCOC(CCN[C@H](C)c1ccccc1)OCC. The Balaban J connectivity index is 2.27. The Bertz CT molecular complexity index is 297. The summed E-state index contributed by atoms with van der Waals surface area (Å²) in [6.07, 6.45) is 0.786. The normalized spacial score (nSPS) is 12.9. The molecule has 0 radical (unpaired) electrons. The largest absolute Gasteiger partial charge is 0.353 e. The van der Waals surface area contributed by atoms with Crippen LogP contribution in [0.3, 0.4) is 0 Å². The van der Waals surface area contributed by atoms with Gasteiger partial charge in [0.1, 0.15) is 0 Å². The third kappa shape index (κ3) is 5.63. The van der Waals surface area contributed by atoms with Crippen LogP contribution in [0.2, 0.25) is 0 Å². The van der Waals surface area contributed by atoms with Crippen LogP contribution in [-0.2, 0) is 9.47 Å². The van der Waals surface area contributed by atoms with E-state index in [2.05, 4.69) is 36.5 Å². The molecule has 0 saturated heterocycles. The lowest BCUT2D eigenvalue weighted by Crippen LogP contribution is -2.26. The molecule has 0 aliphatic heterocycles. The van der Waals surface area contributed by atoms with Gasteiger partial charge in [0, 0.05) is 32.2 Å². The molecular formula is C15H25NO2. The van der Waals surface area contributed by atoms with Crippen molar-refractivity contribution in [1.82, 2.24) is 5.32 Å². The summed E-state index contributed by atoms with van der Waals surface area (Å²) in [7, 11) is 0. The van der Waals surface area contributed by atoms with Crippen molar-refractivity contribution in [2.75, 3.05) is 19.8 Å². The molecular weight excluding hydrogens is 226 g/mol. The fourth-order valence-corrected chi connectivity index (χ4v) is 1.86. The first-order chi connectivity index (χ1) is 8.77. The zero-order valence-corrected chi connectivity index (χ0v) is 11.7. The molecule has 0 bridgehead atoms. The van der Waals surface area contributed by atoms with Crippen molar-refractivity contribution in [3.05, 3.63) is 35.9 Å². The molecule has 3 nitrogen and oxygen atoms in total. The molecule has 0 fully saturated rings. The molecule has 0 amide bonds. The van der Waals surface area contributed by atoms with Gasteiger partial charge in [-0.1, -0.05) is 30.3 Å². The molecule has 102 valence electrons. The summed E-state index contributed by atoms with van der Waals surface area (Å²) in [5.41, 5.74) is 1.31. The van der Waals surface area contributed by atoms with E-state index in [1.54, 1.807) is 0 Å². The summed E-state index contributed by atoms with van der Waals surface area (Å²) in [6, 6.07) is 10.8. The van der Waals surface area contributed by atoms with E-state index in [0.717, 1.165) is 13.0 Å². The smallest absolute Gasteiger partial charge is 0.158 e. The summed E-state index contributed by atoms with van der Waals surface area (Å²) in [4.78, 5) is 0. The van der Waals surface area contributed by atoms with Gasteiger partial charge < -0.3 is 14.8 Å². The highest BCUT2D eigenvalue weighted by molar-refractivity contribution is 5.17. The predicted octanol–water partition coefficient (Wildman–Crippen LogP) is 3.13. The topological polar surface area (TPSA) is 30.5 Å². The number of rotatable bonds is 9. The first-order valence-electron chi connectivity index (χ1n) is 6.79. The van der Waals surface area contributed by atoms with E-state index >= 15 is 0 Å². The molecule has 0 unspecified atom stereocenters. The second kappa shape index (κ2) is 9.09. The van der Waals surface area contributed by atoms with Gasteiger partial charge in [0.2, 0.25) is 0 Å². The summed E-state index contributed by atoms with van der Waals surface area (Å²) in [6.45, 7) is 8.43. The van der Waals surface area contributed by atoms with Crippen molar-refractivity contribution >= 4 is 0 Å². The average molecular weight is 251 g/mol. The minimum Gasteiger partial charge on any atom is -0.353 e. The van der Waals surface area contributed by atoms with Crippen molar-refractivity contribution in [2.45, 2.75) is 39.5 Å². The molecule has 0 aliphatic rings. The van der Waals surface area contributed by atoms with Crippen LogP contribution in [0.1, 0.15) is 38.8 Å². The Kier molecular flexibility index (Phi) is 7.65. The van der Waals surface area contributed by atoms with Crippen LogP contribution in [-0.4, -0.2) is 26.0 Å². The number of nitrogens with one attached hydrogen (secondary N) is 1. The van der Waals surface area contributed by atoms with E-state index < -0.39 is 0 Å². The van der Waals surface area contributed by atoms with Crippen molar-refractivity contribution in [3.8, 4) is 0 Å². The Hall–Kier alpha value is -0.900. The van der Waals surface area contributed by atoms with Gasteiger partial charge in [-0.15, -0.1) is 0 Å². The Labute approximate surface area is 110 Å². The standard InChI is InChI=1S/C15H25NO2/c1-4-17-15(18-5-2)11-12-16-13(3)14-9-7-6-8-10-14/h6-10,13,15-16H,4-5,11-12H2,1-3H3/t13-/m1/s1. The number of benzene rings is 1. The van der Waals surface area contributed by atoms with Gasteiger partial charge in [0.05, 0.1) is 0 Å². The number of ether oxygens (including phenoxy) is 2. The Morgan fingerprint density at radius 2 is 1.67 bits per heavy atom. The van der Waals surface area contributed by atoms with Crippen molar-refractivity contribution < 1.29 is 9.47 Å². The third-order valence-corrected chi connectivity index (χ3v) is 2.84. The number of hydrogen-bond acceptors (Lipinski definition) is 3. The molecule has 1 aromatic rings. The number of hydrogen-bond donors (Lipinski definition) is 1. The summed E-state index contributed by atoms with van der Waals surface area (Å²) >= 11 is 0. The summed E-state index contributed by atoms with van der Waals surface area (Å²) < 4.78 is 11.0. The van der Waals surface area contributed by atoms with Crippen LogP contribution >= 0.6 is 0 Å². The lowest BCUT2D eigenvalue weighted by atomic mass is 10.1. The Morgan fingerprint density at radius 3 is 2.22 bits per heavy atom. The fourth-order valence-electron chi connectivity index (χ4n) is 1.86. The maximum atomic E-state index is 5.51. The molecule has 0 heterocycles. The fraction of sp³-hybridized carbons (Fsp3) is 0.600. The molecule has 0 spiro atoms. The van der Waals surface area contributed by atoms with Crippen molar-refractivity contribution in [2.24, 2.45) is 0 Å². The maximum Gasteiger partial charge on any atom is 0.158 e. The zero-order valence-electron chi connectivity index (χ0n) is 11.7. The van der Waals surface area contributed by atoms with Crippen LogP contribution in [0.15, 0.2) is 30.3 Å². The summed E-state index contributed by atoms with van der Waals surface area (Å²) in [5, 5.41) is 3.49. The van der Waals surface area contributed by atoms with Gasteiger partial charge in [-0.3, -0.25) is 0 Å². The first-order valence-corrected chi connectivity index (χ1v) is 6.79. The molecule has 1 N–H and O–H groups in total. The quantitative estimate of drug-likeness (QED) is 0.684. The van der Waals surface area contributed by atoms with Gasteiger partial charge in [-0.05, 0) is 26.3 Å². The minimum absolute atomic E-state index is 0.0875. The van der Waals surface area contributed by atoms with Crippen molar-refractivity contribution in [3.63, 3.8) is 0 Å². The molecule has 0 aromatic heterocycles. The van der Waals surface area contributed by atoms with Crippen LogP contribution < -0.4 is 5.32 Å². The predicted molar refractivity (Wildman–Crippen MR) is 74.5 cm³/mol. The minimum atomic E-state index is -0.0875. The average Bonchev–Trinajstić information content (AvgIpc) is 2.40. The van der Waals surface area contributed by atoms with Crippen LogP contribution in [0.4, 0.5) is 0 Å². The molecule has 1 rings (SSSR count). The van der Waals surface area contributed by atoms with Gasteiger partial charge in [-0.2, -0.15) is 0 Å². The van der Waals surface area contributed by atoms with E-state index in [9.17, 15) is 0 Å². The molecule has 18 heavy (non-hydrogen) atoms. The van der Waals surface area contributed by atoms with Crippen LogP contribution in [0.5, 0.6) is 0 Å². The summed E-state index contributed by atoms with van der Waals surface area (Å²) in [5.74, 6) is 0. The van der Waals surface area contributed by atoms with E-state index in [-0.39, 0.29) is 6.29 Å². The maximum absolute atomic E-state index is 5.51. The molecule has 1 atom stereocenters. The highest BCUT2D eigenvalue weighted by atomic mass is 16.7. The monoisotopic (exact) mass is 251 g/mol. The van der Waals surface area contributed by atoms with E-state index in [0.29, 0.717) is 19.3 Å². The van der Waals surface area contributed by atoms with E-state index in [4.69, 9.17) is 9.47 Å². The third-order valence-electron chi connectivity index (χ3n) is 2.84. The van der Waals surface area contributed by atoms with Gasteiger partial charge in [0.25, 0.3) is 0 Å². The van der Waals surface area contributed by atoms with Gasteiger partial charge in [-0.25, -0.2) is 0 Å². The van der Waals surface area contributed by atoms with Crippen LogP contribution in [0.25, 0.3) is 0 Å². The van der Waals surface area contributed by atoms with Gasteiger partial charge in [0.15, 0.2) is 6.29 Å². The van der Waals surface area contributed by atoms with Gasteiger partial charge >= 0.3 is 0 Å². The highest BCUT2D eigenvalue weighted by Gasteiger charge is 2.09. The molecule has 0 saturated carbocycles. The second-order valence-corrected chi connectivity index (χ2v) is 4.22. The lowest BCUT2D eigenvalue weighted by molar-refractivity contribution is -0.138. The molecule has 0 aliphatic carbocycles. The first kappa shape index (κ1) is 15.2.